The van der Waals surface area contributed by atoms with Gasteiger partial charge in [0, 0.05) is 24.7 Å². The number of carbonyl (C=O) groups is 2. The highest BCUT2D eigenvalue weighted by atomic mass is 19.1. The van der Waals surface area contributed by atoms with E-state index in [1.807, 2.05) is 0 Å². The molecular formula is C18H19FN2O3. The molecule has 0 aliphatic rings. The second kappa shape index (κ2) is 8.10. The van der Waals surface area contributed by atoms with Crippen LogP contribution in [0.25, 0.3) is 0 Å². The maximum Gasteiger partial charge on any atom is 0.251 e. The molecule has 2 rings (SSSR count). The lowest BCUT2D eigenvalue weighted by Crippen LogP contribution is -2.18. The molecule has 0 bridgehead atoms. The average Bonchev–Trinajstić information content (AvgIpc) is 2.60. The van der Waals surface area contributed by atoms with E-state index >= 15 is 0 Å². The molecule has 0 aliphatic carbocycles. The van der Waals surface area contributed by atoms with Gasteiger partial charge < -0.3 is 15.4 Å². The summed E-state index contributed by atoms with van der Waals surface area (Å²) in [7, 11) is 2.96. The van der Waals surface area contributed by atoms with E-state index in [1.54, 1.807) is 43.4 Å². The van der Waals surface area contributed by atoms with Crippen molar-refractivity contribution in [1.82, 2.24) is 5.32 Å². The monoisotopic (exact) mass is 330 g/mol. The van der Waals surface area contributed by atoms with Crippen LogP contribution < -0.4 is 15.4 Å². The molecule has 0 heterocycles. The Labute approximate surface area is 139 Å². The number of rotatable bonds is 6. The highest BCUT2D eigenvalue weighted by Crippen LogP contribution is 2.18. The van der Waals surface area contributed by atoms with Gasteiger partial charge in [0.2, 0.25) is 5.91 Å². The molecule has 2 aromatic carbocycles. The van der Waals surface area contributed by atoms with Gasteiger partial charge >= 0.3 is 0 Å². The number of methoxy groups -OCH3 is 1. The van der Waals surface area contributed by atoms with Crippen molar-refractivity contribution >= 4 is 17.5 Å². The molecule has 24 heavy (non-hydrogen) atoms. The Bertz CT molecular complexity index is 730. The Balaban J connectivity index is 1.89. The van der Waals surface area contributed by atoms with E-state index < -0.39 is 5.82 Å². The third kappa shape index (κ3) is 4.55. The number of carbonyl (C=O) groups excluding carboxylic acids is 2. The molecule has 0 fully saturated rings. The summed E-state index contributed by atoms with van der Waals surface area (Å²) >= 11 is 0. The number of anilines is 1. The van der Waals surface area contributed by atoms with Crippen LogP contribution in [-0.4, -0.2) is 26.0 Å². The van der Waals surface area contributed by atoms with E-state index in [4.69, 9.17) is 4.74 Å². The highest BCUT2D eigenvalue weighted by molar-refractivity contribution is 5.95. The molecule has 0 atom stereocenters. The summed E-state index contributed by atoms with van der Waals surface area (Å²) in [6.45, 7) is 0. The quantitative estimate of drug-likeness (QED) is 0.856. The average molecular weight is 330 g/mol. The topological polar surface area (TPSA) is 67.4 Å². The summed E-state index contributed by atoms with van der Waals surface area (Å²) in [5, 5.41) is 5.27. The largest absolute Gasteiger partial charge is 0.494 e. The Morgan fingerprint density at radius 1 is 1.12 bits per heavy atom. The van der Waals surface area contributed by atoms with Gasteiger partial charge in [-0.1, -0.05) is 6.07 Å². The first kappa shape index (κ1) is 17.5. The number of hydrogen-bond donors (Lipinski definition) is 2. The molecule has 0 radical (unpaired) electrons. The van der Waals surface area contributed by atoms with Crippen molar-refractivity contribution < 1.29 is 18.7 Å². The van der Waals surface area contributed by atoms with E-state index in [0.29, 0.717) is 17.7 Å². The maximum atomic E-state index is 13.6. The molecule has 0 aliphatic heterocycles. The van der Waals surface area contributed by atoms with Crippen molar-refractivity contribution in [3.63, 3.8) is 0 Å². The fourth-order valence-electron chi connectivity index (χ4n) is 2.20. The molecule has 0 saturated carbocycles. The first-order chi connectivity index (χ1) is 11.5. The van der Waals surface area contributed by atoms with Crippen LogP contribution in [0.5, 0.6) is 5.75 Å². The molecule has 2 N–H and O–H groups in total. The second-order valence-electron chi connectivity index (χ2n) is 5.17. The normalized spacial score (nSPS) is 10.1. The number of aryl methyl sites for hydroxylation is 1. The zero-order chi connectivity index (χ0) is 17.5. The number of amides is 2. The summed E-state index contributed by atoms with van der Waals surface area (Å²) < 4.78 is 18.5. The third-order valence-corrected chi connectivity index (χ3v) is 3.51. The van der Waals surface area contributed by atoms with Crippen LogP contribution in [0, 0.1) is 5.82 Å². The van der Waals surface area contributed by atoms with Gasteiger partial charge in [-0.05, 0) is 48.4 Å². The minimum absolute atomic E-state index is 0.180. The van der Waals surface area contributed by atoms with Gasteiger partial charge in [0.25, 0.3) is 5.91 Å². The fraction of sp³-hybridized carbons (Fsp3) is 0.222. The molecule has 0 saturated heterocycles. The second-order valence-corrected chi connectivity index (χ2v) is 5.17. The van der Waals surface area contributed by atoms with Gasteiger partial charge in [-0.15, -0.1) is 0 Å². The molecule has 2 amide bonds. The molecule has 6 heteroatoms. The summed E-state index contributed by atoms with van der Waals surface area (Å²) in [5.41, 5.74) is 1.84. The summed E-state index contributed by atoms with van der Waals surface area (Å²) in [5.74, 6) is -0.632. The SMILES string of the molecule is CNC(=O)c1ccc(NC(=O)CCc2ccc(OC)c(F)c2)cc1. The Hall–Kier alpha value is -2.89. The molecule has 0 unspecified atom stereocenters. The number of nitrogens with one attached hydrogen (secondary N) is 2. The minimum atomic E-state index is -0.444. The van der Waals surface area contributed by atoms with E-state index in [0.717, 1.165) is 5.56 Å². The maximum absolute atomic E-state index is 13.6. The van der Waals surface area contributed by atoms with E-state index in [9.17, 15) is 14.0 Å². The van der Waals surface area contributed by atoms with E-state index in [1.165, 1.54) is 13.2 Å². The van der Waals surface area contributed by atoms with Gasteiger partial charge in [-0.25, -0.2) is 4.39 Å². The number of benzene rings is 2. The van der Waals surface area contributed by atoms with Gasteiger partial charge in [-0.3, -0.25) is 9.59 Å². The molecule has 2 aromatic rings. The molecule has 0 aromatic heterocycles. The Kier molecular flexibility index (Phi) is 5.89. The first-order valence-electron chi connectivity index (χ1n) is 7.48. The number of halogens is 1. The number of hydrogen-bond acceptors (Lipinski definition) is 3. The van der Waals surface area contributed by atoms with Crippen LogP contribution in [0.1, 0.15) is 22.3 Å². The van der Waals surface area contributed by atoms with Gasteiger partial charge in [0.15, 0.2) is 11.6 Å². The third-order valence-electron chi connectivity index (χ3n) is 3.51. The van der Waals surface area contributed by atoms with Gasteiger partial charge in [0.05, 0.1) is 7.11 Å². The first-order valence-corrected chi connectivity index (χ1v) is 7.48. The van der Waals surface area contributed by atoms with Crippen LogP contribution in [0.15, 0.2) is 42.5 Å². The Morgan fingerprint density at radius 3 is 2.42 bits per heavy atom. The molecule has 126 valence electrons. The Morgan fingerprint density at radius 2 is 1.83 bits per heavy atom. The molecule has 5 nitrogen and oxygen atoms in total. The van der Waals surface area contributed by atoms with Crippen molar-refractivity contribution in [2.24, 2.45) is 0 Å². The van der Waals surface area contributed by atoms with Gasteiger partial charge in [0.1, 0.15) is 0 Å². The standard InChI is InChI=1S/C18H19FN2O3/c1-20-18(23)13-5-7-14(8-6-13)21-17(22)10-4-12-3-9-16(24-2)15(19)11-12/h3,5-9,11H,4,10H2,1-2H3,(H,20,23)(H,21,22). The lowest BCUT2D eigenvalue weighted by Gasteiger charge is -2.07. The van der Waals surface area contributed by atoms with Crippen molar-refractivity contribution in [1.29, 1.82) is 0 Å². The van der Waals surface area contributed by atoms with Crippen molar-refractivity contribution in [3.05, 3.63) is 59.4 Å². The van der Waals surface area contributed by atoms with Gasteiger partial charge in [-0.2, -0.15) is 0 Å². The minimum Gasteiger partial charge on any atom is -0.494 e. The zero-order valence-corrected chi connectivity index (χ0v) is 13.6. The van der Waals surface area contributed by atoms with Crippen LogP contribution in [0.2, 0.25) is 0 Å². The van der Waals surface area contributed by atoms with Crippen molar-refractivity contribution in [3.8, 4) is 5.75 Å². The lowest BCUT2D eigenvalue weighted by atomic mass is 10.1. The summed E-state index contributed by atoms with van der Waals surface area (Å²) in [4.78, 5) is 23.4. The highest BCUT2D eigenvalue weighted by Gasteiger charge is 2.08. The molecule has 0 spiro atoms. The van der Waals surface area contributed by atoms with E-state index in [2.05, 4.69) is 10.6 Å². The zero-order valence-electron chi connectivity index (χ0n) is 13.6. The van der Waals surface area contributed by atoms with Crippen LogP contribution in [0.3, 0.4) is 0 Å². The molecular weight excluding hydrogens is 311 g/mol. The summed E-state index contributed by atoms with van der Waals surface area (Å²) in [6, 6.07) is 11.2. The smallest absolute Gasteiger partial charge is 0.251 e. The number of ether oxygens (including phenoxy) is 1. The van der Waals surface area contributed by atoms with Crippen LogP contribution in [0.4, 0.5) is 10.1 Å². The van der Waals surface area contributed by atoms with Crippen molar-refractivity contribution in [2.45, 2.75) is 12.8 Å². The lowest BCUT2D eigenvalue weighted by molar-refractivity contribution is -0.116. The predicted octanol–water partition coefficient (Wildman–Crippen LogP) is 2.77. The fourth-order valence-corrected chi connectivity index (χ4v) is 2.20. The van der Waals surface area contributed by atoms with Crippen LogP contribution in [-0.2, 0) is 11.2 Å². The van der Waals surface area contributed by atoms with E-state index in [-0.39, 0.29) is 24.0 Å². The predicted molar refractivity (Wildman–Crippen MR) is 89.7 cm³/mol. The van der Waals surface area contributed by atoms with Crippen LogP contribution >= 0.6 is 0 Å². The van der Waals surface area contributed by atoms with Crippen molar-refractivity contribution in [2.75, 3.05) is 19.5 Å². The summed E-state index contributed by atoms with van der Waals surface area (Å²) in [6.07, 6.45) is 0.645.